The van der Waals surface area contributed by atoms with E-state index in [-0.39, 0.29) is 17.6 Å². The van der Waals surface area contributed by atoms with Gasteiger partial charge in [0.15, 0.2) is 5.13 Å². The summed E-state index contributed by atoms with van der Waals surface area (Å²) in [5.41, 5.74) is 5.03. The van der Waals surface area contributed by atoms with Gasteiger partial charge >= 0.3 is 6.03 Å². The van der Waals surface area contributed by atoms with E-state index in [0.29, 0.717) is 30.4 Å². The predicted octanol–water partition coefficient (Wildman–Crippen LogP) is 5.27. The van der Waals surface area contributed by atoms with E-state index in [1.165, 1.54) is 11.3 Å². The summed E-state index contributed by atoms with van der Waals surface area (Å²) in [7, 11) is 0. The Morgan fingerprint density at radius 2 is 2.06 bits per heavy atom. The number of nitrogens with one attached hydrogen (secondary N) is 1. The Labute approximate surface area is 214 Å². The van der Waals surface area contributed by atoms with Crippen LogP contribution in [0.1, 0.15) is 43.8 Å². The second-order valence-electron chi connectivity index (χ2n) is 9.39. The Hall–Kier alpha value is -3.32. The molecule has 1 atom stereocenters. The predicted molar refractivity (Wildman–Crippen MR) is 139 cm³/mol. The lowest BCUT2D eigenvalue weighted by atomic mass is 9.78. The van der Waals surface area contributed by atoms with Gasteiger partial charge in [-0.1, -0.05) is 30.4 Å². The van der Waals surface area contributed by atoms with E-state index >= 15 is 0 Å². The first-order chi connectivity index (χ1) is 17.4. The standard InChI is InChI=1S/C27H29N5O3S/c1-4-21-10-20(11-22(29-21)17(3)35-5-2)24-23(19-8-6-7-18(9-19)12-28)30-25(36-24)31-26(33)32-13-27(14-32)15-34-16-27/h6-11,17H,4-5,13-16H2,1-3H3,(H,30,31,33). The number of aromatic nitrogens is 2. The molecule has 2 aliphatic rings. The minimum absolute atomic E-state index is 0.146. The molecular weight excluding hydrogens is 474 g/mol. The largest absolute Gasteiger partial charge is 0.380 e. The average molecular weight is 504 g/mol. The van der Waals surface area contributed by atoms with Crippen LogP contribution in [-0.4, -0.2) is 53.8 Å². The van der Waals surface area contributed by atoms with E-state index in [2.05, 4.69) is 24.4 Å². The van der Waals surface area contributed by atoms with Crippen molar-refractivity contribution < 1.29 is 14.3 Å². The van der Waals surface area contributed by atoms with E-state index in [0.717, 1.165) is 52.7 Å². The number of urea groups is 1. The van der Waals surface area contributed by atoms with Crippen molar-refractivity contribution in [1.29, 1.82) is 5.26 Å². The quantitative estimate of drug-likeness (QED) is 0.472. The fourth-order valence-corrected chi connectivity index (χ4v) is 5.58. The number of amides is 2. The molecule has 186 valence electrons. The van der Waals surface area contributed by atoms with Gasteiger partial charge in [0.05, 0.1) is 52.6 Å². The van der Waals surface area contributed by atoms with E-state index < -0.39 is 0 Å². The van der Waals surface area contributed by atoms with Gasteiger partial charge < -0.3 is 14.4 Å². The Morgan fingerprint density at radius 1 is 1.25 bits per heavy atom. The van der Waals surface area contributed by atoms with Gasteiger partial charge in [-0.05, 0) is 50.1 Å². The number of benzene rings is 1. The maximum absolute atomic E-state index is 12.9. The Bertz CT molecular complexity index is 1320. The van der Waals surface area contributed by atoms with Crippen LogP contribution < -0.4 is 5.32 Å². The zero-order valence-corrected chi connectivity index (χ0v) is 21.5. The molecule has 5 rings (SSSR count). The van der Waals surface area contributed by atoms with Crippen LogP contribution in [0.3, 0.4) is 0 Å². The number of likely N-dealkylation sites (tertiary alicyclic amines) is 1. The van der Waals surface area contributed by atoms with Crippen LogP contribution in [-0.2, 0) is 15.9 Å². The SMILES string of the molecule is CCOC(C)c1cc(-c2sc(NC(=O)N3CC4(COC4)C3)nc2-c2cccc(C#N)c2)cc(CC)n1. The van der Waals surface area contributed by atoms with Crippen molar-refractivity contribution in [3.05, 3.63) is 53.3 Å². The van der Waals surface area contributed by atoms with Crippen LogP contribution in [0.15, 0.2) is 36.4 Å². The summed E-state index contributed by atoms with van der Waals surface area (Å²) in [6.45, 7) is 9.50. The molecule has 1 N–H and O–H groups in total. The maximum Gasteiger partial charge on any atom is 0.323 e. The molecule has 9 heteroatoms. The first-order valence-electron chi connectivity index (χ1n) is 12.2. The van der Waals surface area contributed by atoms with Crippen LogP contribution in [0.4, 0.5) is 9.93 Å². The first-order valence-corrected chi connectivity index (χ1v) is 13.0. The highest BCUT2D eigenvalue weighted by Gasteiger charge is 2.50. The number of rotatable bonds is 7. The van der Waals surface area contributed by atoms with E-state index in [9.17, 15) is 10.1 Å². The highest BCUT2D eigenvalue weighted by Crippen LogP contribution is 2.41. The van der Waals surface area contributed by atoms with Crippen LogP contribution in [0.25, 0.3) is 21.7 Å². The van der Waals surface area contributed by atoms with Crippen molar-refractivity contribution in [2.75, 3.05) is 38.2 Å². The lowest BCUT2D eigenvalue weighted by Gasteiger charge is -2.54. The van der Waals surface area contributed by atoms with Crippen LogP contribution in [0.2, 0.25) is 0 Å². The van der Waals surface area contributed by atoms with Crippen molar-refractivity contribution in [1.82, 2.24) is 14.9 Å². The van der Waals surface area contributed by atoms with E-state index in [1.54, 1.807) is 11.0 Å². The maximum atomic E-state index is 12.9. The third kappa shape index (κ3) is 4.72. The molecule has 1 aromatic carbocycles. The van der Waals surface area contributed by atoms with Crippen molar-refractivity contribution in [3.8, 4) is 27.8 Å². The molecule has 4 heterocycles. The van der Waals surface area contributed by atoms with Gasteiger partial charge in [0.2, 0.25) is 0 Å². The molecule has 8 nitrogen and oxygen atoms in total. The first kappa shape index (κ1) is 24.4. The summed E-state index contributed by atoms with van der Waals surface area (Å²) in [4.78, 5) is 25.2. The molecule has 0 saturated carbocycles. The lowest BCUT2D eigenvalue weighted by molar-refractivity contribution is -0.174. The van der Waals surface area contributed by atoms with Crippen LogP contribution in [0.5, 0.6) is 0 Å². The van der Waals surface area contributed by atoms with Crippen molar-refractivity contribution in [3.63, 3.8) is 0 Å². The lowest BCUT2D eigenvalue weighted by Crippen LogP contribution is -2.67. The Morgan fingerprint density at radius 3 is 2.72 bits per heavy atom. The number of thiazole rings is 1. The number of hydrogen-bond acceptors (Lipinski definition) is 7. The zero-order valence-electron chi connectivity index (χ0n) is 20.7. The summed E-state index contributed by atoms with van der Waals surface area (Å²) >= 11 is 1.43. The number of anilines is 1. The summed E-state index contributed by atoms with van der Waals surface area (Å²) in [5.74, 6) is 0. The summed E-state index contributed by atoms with van der Waals surface area (Å²) in [6, 6.07) is 13.5. The third-order valence-electron chi connectivity index (χ3n) is 6.62. The fourth-order valence-electron chi connectivity index (χ4n) is 4.62. The molecule has 1 unspecified atom stereocenters. The molecule has 0 radical (unpaired) electrons. The van der Waals surface area contributed by atoms with Crippen molar-refractivity contribution in [2.24, 2.45) is 5.41 Å². The molecule has 2 saturated heterocycles. The van der Waals surface area contributed by atoms with E-state index in [1.807, 2.05) is 38.1 Å². The zero-order chi connectivity index (χ0) is 25.3. The number of aryl methyl sites for hydroxylation is 1. The highest BCUT2D eigenvalue weighted by atomic mass is 32.1. The third-order valence-corrected chi connectivity index (χ3v) is 7.64. The average Bonchev–Trinajstić information content (AvgIpc) is 3.26. The molecule has 36 heavy (non-hydrogen) atoms. The van der Waals surface area contributed by atoms with Crippen molar-refractivity contribution in [2.45, 2.75) is 33.3 Å². The van der Waals surface area contributed by atoms with Gasteiger partial charge in [0.25, 0.3) is 0 Å². The molecule has 2 aromatic heterocycles. The number of hydrogen-bond donors (Lipinski definition) is 1. The van der Waals surface area contributed by atoms with E-state index in [4.69, 9.17) is 19.4 Å². The summed E-state index contributed by atoms with van der Waals surface area (Å²) < 4.78 is 11.1. The molecule has 1 spiro atoms. The molecule has 2 amide bonds. The van der Waals surface area contributed by atoms with Crippen molar-refractivity contribution >= 4 is 22.5 Å². The van der Waals surface area contributed by atoms with Crippen LogP contribution in [0, 0.1) is 16.7 Å². The second-order valence-corrected chi connectivity index (χ2v) is 10.4. The van der Waals surface area contributed by atoms with Gasteiger partial charge in [-0.25, -0.2) is 9.78 Å². The number of nitrogens with zero attached hydrogens (tertiary/aromatic N) is 4. The molecule has 0 bridgehead atoms. The molecule has 2 fully saturated rings. The minimum atomic E-state index is -0.153. The number of carbonyl (C=O) groups excluding carboxylic acids is 1. The minimum Gasteiger partial charge on any atom is -0.380 e. The van der Waals surface area contributed by atoms with Crippen LogP contribution >= 0.6 is 11.3 Å². The van der Waals surface area contributed by atoms with Gasteiger partial charge in [-0.2, -0.15) is 5.26 Å². The number of pyridine rings is 1. The second kappa shape index (κ2) is 9.97. The molecule has 3 aromatic rings. The molecule has 2 aliphatic heterocycles. The van der Waals surface area contributed by atoms with Gasteiger partial charge in [0.1, 0.15) is 0 Å². The summed E-state index contributed by atoms with van der Waals surface area (Å²) in [5, 5.41) is 13.0. The molecule has 0 aliphatic carbocycles. The highest BCUT2D eigenvalue weighted by molar-refractivity contribution is 7.19. The summed E-state index contributed by atoms with van der Waals surface area (Å²) in [6.07, 6.45) is 0.633. The number of ether oxygens (including phenoxy) is 2. The monoisotopic (exact) mass is 503 g/mol. The topological polar surface area (TPSA) is 100 Å². The van der Waals surface area contributed by atoms with Gasteiger partial charge in [-0.15, -0.1) is 0 Å². The number of carbonyl (C=O) groups is 1. The van der Waals surface area contributed by atoms with Gasteiger partial charge in [-0.3, -0.25) is 10.3 Å². The molecular formula is C27H29N5O3S. The normalized spacial score (nSPS) is 16.7. The fraction of sp³-hybridized carbons (Fsp3) is 0.407. The number of nitriles is 1. The smallest absolute Gasteiger partial charge is 0.323 e. The Kier molecular flexibility index (Phi) is 6.75. The Balaban J connectivity index is 1.52. The van der Waals surface area contributed by atoms with Gasteiger partial charge in [0, 0.05) is 31.0 Å².